The van der Waals surface area contributed by atoms with Crippen LogP contribution in [-0.4, -0.2) is 49.9 Å². The van der Waals surface area contributed by atoms with Crippen LogP contribution in [0.3, 0.4) is 0 Å². The quantitative estimate of drug-likeness (QED) is 0.283. The molecule has 0 bridgehead atoms. The molecule has 10 nitrogen and oxygen atoms in total. The Bertz CT molecular complexity index is 1080. The van der Waals surface area contributed by atoms with Crippen LogP contribution in [0.25, 0.3) is 0 Å². The molecule has 0 radical (unpaired) electrons. The lowest BCUT2D eigenvalue weighted by molar-refractivity contribution is -0.384. The fourth-order valence-electron chi connectivity index (χ4n) is 2.64. The Hall–Kier alpha value is -2.96. The zero-order valence-electron chi connectivity index (χ0n) is 17.4. The van der Waals surface area contributed by atoms with Gasteiger partial charge in [0.15, 0.2) is 6.61 Å². The first-order valence-corrected chi connectivity index (χ1v) is 12.3. The van der Waals surface area contributed by atoms with Gasteiger partial charge in [0.2, 0.25) is 10.0 Å². The number of sulfonamides is 1. The number of carbonyl (C=O) groups is 2. The number of thioether (sulfide) groups is 1. The van der Waals surface area contributed by atoms with E-state index >= 15 is 0 Å². The number of esters is 1. The average Bonchev–Trinajstić information content (AvgIpc) is 2.76. The molecule has 0 fully saturated rings. The molecule has 1 amide bonds. The molecule has 0 spiro atoms. The number of hydrogen-bond donors (Lipinski definition) is 2. The van der Waals surface area contributed by atoms with Gasteiger partial charge < -0.3 is 10.1 Å². The number of aryl methyl sites for hydroxylation is 1. The molecular weight excluding hydrogens is 458 g/mol. The predicted molar refractivity (Wildman–Crippen MR) is 121 cm³/mol. The Balaban J connectivity index is 2.04. The topological polar surface area (TPSA) is 145 Å². The van der Waals surface area contributed by atoms with E-state index in [4.69, 9.17) is 4.74 Å². The van der Waals surface area contributed by atoms with E-state index < -0.39 is 39.5 Å². The first-order chi connectivity index (χ1) is 15.1. The molecule has 0 heterocycles. The highest BCUT2D eigenvalue weighted by Gasteiger charge is 2.27. The lowest BCUT2D eigenvalue weighted by Gasteiger charge is -2.17. The molecule has 2 rings (SSSR count). The zero-order valence-corrected chi connectivity index (χ0v) is 19.1. The summed E-state index contributed by atoms with van der Waals surface area (Å²) in [4.78, 5) is 35.2. The van der Waals surface area contributed by atoms with Crippen molar-refractivity contribution in [3.05, 3.63) is 64.2 Å². The van der Waals surface area contributed by atoms with Crippen molar-refractivity contribution in [1.29, 1.82) is 0 Å². The van der Waals surface area contributed by atoms with E-state index in [9.17, 15) is 28.1 Å². The Kier molecular flexibility index (Phi) is 9.17. The lowest BCUT2D eigenvalue weighted by atomic mass is 10.2. The number of nitro groups is 1. The second kappa shape index (κ2) is 11.6. The summed E-state index contributed by atoms with van der Waals surface area (Å²) < 4.78 is 32.4. The van der Waals surface area contributed by atoms with Gasteiger partial charge in [-0.1, -0.05) is 24.3 Å². The maximum absolute atomic E-state index is 12.5. The summed E-state index contributed by atoms with van der Waals surface area (Å²) in [6.45, 7) is 0.943. The number of hydrogen-bond acceptors (Lipinski definition) is 8. The molecule has 0 saturated heterocycles. The Labute approximate surface area is 189 Å². The third kappa shape index (κ3) is 7.32. The molecule has 0 saturated carbocycles. The van der Waals surface area contributed by atoms with Crippen LogP contribution in [0.1, 0.15) is 12.0 Å². The number of anilines is 1. The monoisotopic (exact) mass is 481 g/mol. The Morgan fingerprint density at radius 1 is 1.19 bits per heavy atom. The molecule has 0 aliphatic heterocycles. The van der Waals surface area contributed by atoms with E-state index in [1.807, 2.05) is 0 Å². The molecule has 172 valence electrons. The van der Waals surface area contributed by atoms with E-state index in [-0.39, 0.29) is 22.7 Å². The minimum absolute atomic E-state index is 0.00799. The average molecular weight is 482 g/mol. The smallest absolute Gasteiger partial charge is 0.324 e. The summed E-state index contributed by atoms with van der Waals surface area (Å²) in [5.41, 5.74) is 0.312. The van der Waals surface area contributed by atoms with Gasteiger partial charge in [-0.3, -0.25) is 19.7 Å². The molecule has 1 atom stereocenters. The highest BCUT2D eigenvalue weighted by atomic mass is 32.2. The summed E-state index contributed by atoms with van der Waals surface area (Å²) in [7, 11) is -3.98. The predicted octanol–water partition coefficient (Wildman–Crippen LogP) is 2.49. The number of benzene rings is 2. The molecule has 0 aliphatic rings. The van der Waals surface area contributed by atoms with E-state index in [0.29, 0.717) is 11.3 Å². The van der Waals surface area contributed by atoms with Crippen LogP contribution in [-0.2, 0) is 24.3 Å². The van der Waals surface area contributed by atoms with Crippen LogP contribution in [0.15, 0.2) is 53.4 Å². The fraction of sp³-hybridized carbons (Fsp3) is 0.300. The van der Waals surface area contributed by atoms with Crippen molar-refractivity contribution >= 4 is 45.0 Å². The third-order valence-corrected chi connectivity index (χ3v) is 6.35. The van der Waals surface area contributed by atoms with Crippen LogP contribution < -0.4 is 10.0 Å². The van der Waals surface area contributed by atoms with Gasteiger partial charge in [0.1, 0.15) is 11.7 Å². The van der Waals surface area contributed by atoms with Crippen molar-refractivity contribution in [2.45, 2.75) is 24.3 Å². The van der Waals surface area contributed by atoms with Crippen LogP contribution in [0.2, 0.25) is 0 Å². The van der Waals surface area contributed by atoms with Gasteiger partial charge in [0.05, 0.1) is 9.82 Å². The van der Waals surface area contributed by atoms with Crippen molar-refractivity contribution < 1.29 is 27.7 Å². The van der Waals surface area contributed by atoms with Crippen LogP contribution in [0.4, 0.5) is 11.4 Å². The van der Waals surface area contributed by atoms with Gasteiger partial charge in [-0.2, -0.15) is 16.5 Å². The van der Waals surface area contributed by atoms with E-state index in [0.717, 1.165) is 0 Å². The molecule has 32 heavy (non-hydrogen) atoms. The maximum Gasteiger partial charge on any atom is 0.324 e. The van der Waals surface area contributed by atoms with Crippen molar-refractivity contribution in [2.24, 2.45) is 0 Å². The van der Waals surface area contributed by atoms with Gasteiger partial charge in [-0.25, -0.2) is 8.42 Å². The Morgan fingerprint density at radius 2 is 1.88 bits per heavy atom. The van der Waals surface area contributed by atoms with Crippen LogP contribution in [0, 0.1) is 17.0 Å². The van der Waals surface area contributed by atoms with E-state index in [2.05, 4.69) is 10.0 Å². The second-order valence-corrected chi connectivity index (χ2v) is 9.40. The number of nitrogens with zero attached hydrogens (tertiary/aromatic N) is 1. The standard InChI is InChI=1S/C20H23N3O7S2/c1-14-8-9-16(18(12-14)23(26)27)21-19(24)13-30-20(25)17(10-11-31-2)22-32(28,29)15-6-4-3-5-7-15/h3-9,12,17,22H,10-11,13H2,1-2H3,(H,21,24). The largest absolute Gasteiger partial charge is 0.454 e. The highest BCUT2D eigenvalue weighted by molar-refractivity contribution is 7.98. The zero-order chi connectivity index (χ0) is 23.7. The van der Waals surface area contributed by atoms with Crippen molar-refractivity contribution in [2.75, 3.05) is 23.9 Å². The number of ether oxygens (including phenoxy) is 1. The maximum atomic E-state index is 12.5. The third-order valence-electron chi connectivity index (χ3n) is 4.22. The van der Waals surface area contributed by atoms with Gasteiger partial charge in [0.25, 0.3) is 11.6 Å². The lowest BCUT2D eigenvalue weighted by Crippen LogP contribution is -2.43. The number of rotatable bonds is 11. The number of nitro benzene ring substituents is 1. The first-order valence-electron chi connectivity index (χ1n) is 9.42. The normalized spacial score (nSPS) is 12.1. The second-order valence-electron chi connectivity index (χ2n) is 6.70. The van der Waals surface area contributed by atoms with Gasteiger partial charge in [0, 0.05) is 6.07 Å². The number of carbonyl (C=O) groups excluding carboxylic acids is 2. The van der Waals surface area contributed by atoms with Crippen molar-refractivity contribution in [1.82, 2.24) is 4.72 Å². The summed E-state index contributed by atoms with van der Waals surface area (Å²) in [5.74, 6) is -1.24. The molecule has 2 N–H and O–H groups in total. The molecule has 12 heteroatoms. The minimum Gasteiger partial charge on any atom is -0.454 e. The summed E-state index contributed by atoms with van der Waals surface area (Å²) >= 11 is 1.42. The minimum atomic E-state index is -3.98. The molecule has 0 aromatic heterocycles. The van der Waals surface area contributed by atoms with Gasteiger partial charge in [-0.05, 0) is 49.1 Å². The van der Waals surface area contributed by atoms with Crippen molar-refractivity contribution in [3.63, 3.8) is 0 Å². The SMILES string of the molecule is CSCCC(NS(=O)(=O)c1ccccc1)C(=O)OCC(=O)Nc1ccc(C)cc1[N+](=O)[O-]. The summed E-state index contributed by atoms with van der Waals surface area (Å²) in [5, 5.41) is 13.5. The molecular formula is C20H23N3O7S2. The Morgan fingerprint density at radius 3 is 2.50 bits per heavy atom. The van der Waals surface area contributed by atoms with E-state index in [1.54, 1.807) is 37.4 Å². The van der Waals surface area contributed by atoms with Crippen molar-refractivity contribution in [3.8, 4) is 0 Å². The summed E-state index contributed by atoms with van der Waals surface area (Å²) in [6.07, 6.45) is 1.95. The van der Waals surface area contributed by atoms with Crippen LogP contribution in [0.5, 0.6) is 0 Å². The number of nitrogens with one attached hydrogen (secondary N) is 2. The number of amides is 1. The first kappa shape index (κ1) is 25.3. The molecule has 2 aromatic carbocycles. The fourth-order valence-corrected chi connectivity index (χ4v) is 4.35. The summed E-state index contributed by atoms with van der Waals surface area (Å²) in [6, 6.07) is 10.6. The molecule has 2 aromatic rings. The highest BCUT2D eigenvalue weighted by Crippen LogP contribution is 2.25. The molecule has 1 unspecified atom stereocenters. The van der Waals surface area contributed by atoms with E-state index in [1.165, 1.54) is 36.0 Å². The van der Waals surface area contributed by atoms with Gasteiger partial charge >= 0.3 is 5.97 Å². The van der Waals surface area contributed by atoms with Gasteiger partial charge in [-0.15, -0.1) is 0 Å². The molecule has 0 aliphatic carbocycles. The van der Waals surface area contributed by atoms with Crippen LogP contribution >= 0.6 is 11.8 Å².